The van der Waals surface area contributed by atoms with Crippen molar-refractivity contribution in [2.45, 2.75) is 18.7 Å². The molecule has 1 atom stereocenters. The van der Waals surface area contributed by atoms with E-state index in [-0.39, 0.29) is 52.3 Å². The summed E-state index contributed by atoms with van der Waals surface area (Å²) >= 11 is 6.63. The first-order valence-corrected chi connectivity index (χ1v) is 13.1. The number of alkyl halides is 3. The Labute approximate surface area is 242 Å². The number of hydrogen-bond donors (Lipinski definition) is 2. The molecule has 0 aromatic carbocycles. The molecule has 16 heteroatoms. The van der Waals surface area contributed by atoms with Gasteiger partial charge in [-0.3, -0.25) is 9.59 Å². The van der Waals surface area contributed by atoms with Crippen LogP contribution in [0, 0.1) is 0 Å². The van der Waals surface area contributed by atoms with Crippen LogP contribution in [0.15, 0.2) is 41.6 Å². The third-order valence-corrected chi connectivity index (χ3v) is 6.91. The van der Waals surface area contributed by atoms with Gasteiger partial charge in [0.15, 0.2) is 11.4 Å². The first-order valence-electron chi connectivity index (χ1n) is 12.7. The molecule has 0 unspecified atom stereocenters. The third-order valence-electron chi connectivity index (χ3n) is 6.54. The molecule has 1 aliphatic rings. The number of carbonyl (C=O) groups excluding carboxylic acids is 1. The maximum Gasteiger partial charge on any atom is 0.417 e. The van der Waals surface area contributed by atoms with E-state index in [9.17, 15) is 22.8 Å². The number of nitrogens with zero attached hydrogens (tertiary/aromatic N) is 6. The van der Waals surface area contributed by atoms with Gasteiger partial charge in [0.1, 0.15) is 27.8 Å². The van der Waals surface area contributed by atoms with Gasteiger partial charge in [-0.25, -0.2) is 9.97 Å². The van der Waals surface area contributed by atoms with Crippen LogP contribution in [0.3, 0.4) is 0 Å². The number of rotatable bonds is 7. The second-order valence-electron chi connectivity index (χ2n) is 9.77. The second-order valence-corrected chi connectivity index (χ2v) is 10.1. The number of amides is 1. The van der Waals surface area contributed by atoms with Crippen LogP contribution in [-0.2, 0) is 29.8 Å². The lowest BCUT2D eigenvalue weighted by atomic mass is 10.2. The molecule has 0 bridgehead atoms. The standard InChI is InChI=1S/C26H26ClF3N8O4/c1-36-6-7-41-16(13-36)10-20(39)34-19-9-15(4-5-31-19)42-18-11-32-23-22(21(18)27)38(3)25(35-23)33-17-8-14(26(28,29)30)12-37(2)24(17)40/h4-5,8-9,11-12,16H,6-7,10,13H2,1-3H3,(H,31,34,39)(H,32,33,35)/t16-/m0/s1. The van der Waals surface area contributed by atoms with Crippen molar-refractivity contribution in [1.29, 1.82) is 0 Å². The molecule has 0 saturated carbocycles. The van der Waals surface area contributed by atoms with Crippen molar-refractivity contribution >= 4 is 46.1 Å². The number of aromatic nitrogens is 5. The lowest BCUT2D eigenvalue weighted by Crippen LogP contribution is -2.41. The minimum absolute atomic E-state index is 0.0371. The van der Waals surface area contributed by atoms with E-state index in [1.54, 1.807) is 13.1 Å². The average Bonchev–Trinajstić information content (AvgIpc) is 3.23. The van der Waals surface area contributed by atoms with Crippen LogP contribution in [0.25, 0.3) is 11.2 Å². The van der Waals surface area contributed by atoms with Gasteiger partial charge < -0.3 is 34.1 Å². The number of hydrogen-bond acceptors (Lipinski definition) is 9. The van der Waals surface area contributed by atoms with Crippen LogP contribution in [0.1, 0.15) is 12.0 Å². The fraction of sp³-hybridized carbons (Fsp3) is 0.346. The molecule has 1 fully saturated rings. The highest BCUT2D eigenvalue weighted by molar-refractivity contribution is 6.36. The zero-order valence-corrected chi connectivity index (χ0v) is 23.5. The number of halogens is 4. The molecule has 4 aromatic rings. The van der Waals surface area contributed by atoms with E-state index in [1.165, 1.54) is 30.1 Å². The molecule has 1 saturated heterocycles. The van der Waals surface area contributed by atoms with Crippen molar-refractivity contribution in [3.8, 4) is 11.5 Å². The Kier molecular flexibility index (Phi) is 8.08. The molecule has 12 nitrogen and oxygen atoms in total. The van der Waals surface area contributed by atoms with Gasteiger partial charge >= 0.3 is 6.18 Å². The van der Waals surface area contributed by atoms with Crippen molar-refractivity contribution in [2.24, 2.45) is 14.1 Å². The highest BCUT2D eigenvalue weighted by Crippen LogP contribution is 2.36. The highest BCUT2D eigenvalue weighted by atomic mass is 35.5. The van der Waals surface area contributed by atoms with Crippen molar-refractivity contribution in [1.82, 2.24) is 29.0 Å². The van der Waals surface area contributed by atoms with E-state index in [4.69, 9.17) is 21.1 Å². The van der Waals surface area contributed by atoms with Gasteiger partial charge in [0.25, 0.3) is 5.56 Å². The summed E-state index contributed by atoms with van der Waals surface area (Å²) in [5.41, 5.74) is -1.54. The van der Waals surface area contributed by atoms with Gasteiger partial charge in [0, 0.05) is 45.6 Å². The number of aryl methyl sites for hydroxylation is 2. The van der Waals surface area contributed by atoms with Crippen molar-refractivity contribution in [3.63, 3.8) is 0 Å². The van der Waals surface area contributed by atoms with Crippen molar-refractivity contribution in [3.05, 3.63) is 57.7 Å². The van der Waals surface area contributed by atoms with Gasteiger partial charge in [0.2, 0.25) is 11.9 Å². The molecule has 1 amide bonds. The van der Waals surface area contributed by atoms with Crippen molar-refractivity contribution < 1.29 is 27.4 Å². The summed E-state index contributed by atoms with van der Waals surface area (Å²) in [5, 5.41) is 5.50. The topological polar surface area (TPSA) is 128 Å². The van der Waals surface area contributed by atoms with Gasteiger partial charge in [-0.15, -0.1) is 0 Å². The predicted octanol–water partition coefficient (Wildman–Crippen LogP) is 3.93. The van der Waals surface area contributed by atoms with E-state index in [0.29, 0.717) is 36.7 Å². The van der Waals surface area contributed by atoms with Crippen LogP contribution in [0.2, 0.25) is 5.02 Å². The van der Waals surface area contributed by atoms with Crippen LogP contribution in [0.5, 0.6) is 11.5 Å². The van der Waals surface area contributed by atoms with Gasteiger partial charge in [-0.1, -0.05) is 11.6 Å². The zero-order chi connectivity index (χ0) is 30.2. The molecule has 0 radical (unpaired) electrons. The summed E-state index contributed by atoms with van der Waals surface area (Å²) < 4.78 is 53.7. The molecule has 1 aliphatic heterocycles. The second kappa shape index (κ2) is 11.6. The number of imidazole rings is 1. The first-order chi connectivity index (χ1) is 19.9. The van der Waals surface area contributed by atoms with Gasteiger partial charge in [-0.05, 0) is 19.2 Å². The minimum Gasteiger partial charge on any atom is -0.454 e. The van der Waals surface area contributed by atoms with E-state index in [1.807, 2.05) is 7.05 Å². The van der Waals surface area contributed by atoms with Crippen LogP contribution in [-0.4, -0.2) is 67.7 Å². The Morgan fingerprint density at radius 2 is 2.02 bits per heavy atom. The molecule has 42 heavy (non-hydrogen) atoms. The molecule has 5 rings (SSSR count). The van der Waals surface area contributed by atoms with E-state index in [2.05, 4.69) is 30.5 Å². The number of morpholine rings is 1. The summed E-state index contributed by atoms with van der Waals surface area (Å²) in [6.07, 6.45) is -1.19. The Bertz CT molecular complexity index is 1710. The van der Waals surface area contributed by atoms with Crippen LogP contribution >= 0.6 is 11.6 Å². The SMILES string of the molecule is CN1CCO[C@@H](CC(=O)Nc2cc(Oc3cnc4nc(Nc5cc(C(F)(F)F)cn(C)c5=O)n(C)c4c3Cl)ccn2)C1. The monoisotopic (exact) mass is 606 g/mol. The Morgan fingerprint density at radius 1 is 1.24 bits per heavy atom. The smallest absolute Gasteiger partial charge is 0.417 e. The molecular weight excluding hydrogens is 581 g/mol. The minimum atomic E-state index is -4.65. The fourth-order valence-corrected chi connectivity index (χ4v) is 4.73. The number of likely N-dealkylation sites (N-methyl/N-ethyl adjacent to an activating group) is 1. The Hall–Kier alpha value is -4.21. The summed E-state index contributed by atoms with van der Waals surface area (Å²) in [6, 6.07) is 3.80. The maximum absolute atomic E-state index is 13.3. The highest BCUT2D eigenvalue weighted by Gasteiger charge is 2.32. The number of anilines is 3. The van der Waals surface area contributed by atoms with E-state index < -0.39 is 17.3 Å². The Morgan fingerprint density at radius 3 is 2.76 bits per heavy atom. The normalized spacial score (nSPS) is 16.0. The first kappa shape index (κ1) is 29.3. The Balaban J connectivity index is 1.35. The molecule has 0 spiro atoms. The number of nitrogens with one attached hydrogen (secondary N) is 2. The van der Waals surface area contributed by atoms with Crippen LogP contribution in [0.4, 0.5) is 30.6 Å². The number of ether oxygens (including phenoxy) is 2. The van der Waals surface area contributed by atoms with Gasteiger partial charge in [-0.2, -0.15) is 18.2 Å². The number of carbonyl (C=O) groups is 1. The largest absolute Gasteiger partial charge is 0.454 e. The van der Waals surface area contributed by atoms with Crippen molar-refractivity contribution in [2.75, 3.05) is 37.4 Å². The number of fused-ring (bicyclic) bond motifs is 1. The van der Waals surface area contributed by atoms with E-state index >= 15 is 0 Å². The average molecular weight is 607 g/mol. The third kappa shape index (κ3) is 6.32. The summed E-state index contributed by atoms with van der Waals surface area (Å²) in [7, 11) is 4.75. The molecule has 4 aromatic heterocycles. The number of pyridine rings is 3. The van der Waals surface area contributed by atoms with E-state index in [0.717, 1.165) is 11.1 Å². The molecule has 222 valence electrons. The summed E-state index contributed by atoms with van der Waals surface area (Å²) in [6.45, 7) is 2.03. The molecular formula is C26H26ClF3N8O4. The maximum atomic E-state index is 13.3. The molecule has 5 heterocycles. The lowest BCUT2D eigenvalue weighted by molar-refractivity contribution is -0.138. The quantitative estimate of drug-likeness (QED) is 0.322. The summed E-state index contributed by atoms with van der Waals surface area (Å²) in [4.78, 5) is 39.8. The lowest BCUT2D eigenvalue weighted by Gasteiger charge is -2.29. The molecule has 2 N–H and O–H groups in total. The molecule has 0 aliphatic carbocycles. The summed E-state index contributed by atoms with van der Waals surface area (Å²) in [5.74, 6) is 0.504. The van der Waals surface area contributed by atoms with Gasteiger partial charge in [0.05, 0.1) is 30.9 Å². The fourth-order valence-electron chi connectivity index (χ4n) is 4.43. The zero-order valence-electron chi connectivity index (χ0n) is 22.7. The predicted molar refractivity (Wildman–Crippen MR) is 148 cm³/mol. The van der Waals surface area contributed by atoms with Crippen LogP contribution < -0.4 is 20.9 Å².